The number of nitrogens with zero attached hydrogens (tertiary/aromatic N) is 6. The van der Waals surface area contributed by atoms with Crippen LogP contribution in [-0.2, 0) is 13.0 Å². The molecule has 4 rings (SSSR count). The third-order valence-corrected chi connectivity index (χ3v) is 4.97. The van der Waals surface area contributed by atoms with Gasteiger partial charge in [-0.05, 0) is 38.9 Å². The summed E-state index contributed by atoms with van der Waals surface area (Å²) in [5.41, 5.74) is 2.33. The molecule has 0 bridgehead atoms. The first-order valence-electron chi connectivity index (χ1n) is 8.56. The Morgan fingerprint density at radius 2 is 2.00 bits per heavy atom. The molecule has 0 radical (unpaired) electrons. The van der Waals surface area contributed by atoms with E-state index >= 15 is 0 Å². The Morgan fingerprint density at radius 1 is 1.17 bits per heavy atom. The molecule has 126 valence electrons. The second-order valence-corrected chi connectivity index (χ2v) is 6.46. The van der Waals surface area contributed by atoms with Crippen molar-refractivity contribution in [3.05, 3.63) is 35.5 Å². The Kier molecular flexibility index (Phi) is 4.02. The molecule has 1 saturated heterocycles. The highest BCUT2D eigenvalue weighted by molar-refractivity contribution is 5.50. The zero-order valence-electron chi connectivity index (χ0n) is 14.2. The molecule has 2 aromatic heterocycles. The lowest BCUT2D eigenvalue weighted by Gasteiger charge is -2.30. The SMILES string of the molecule is CNc1nc(C2CCCN2C)nc2c1CCN(c1ncccn1)C2. The third-order valence-electron chi connectivity index (χ3n) is 4.97. The molecule has 24 heavy (non-hydrogen) atoms. The quantitative estimate of drug-likeness (QED) is 0.920. The fourth-order valence-electron chi connectivity index (χ4n) is 3.67. The van der Waals surface area contributed by atoms with Crippen LogP contribution in [0.15, 0.2) is 18.5 Å². The van der Waals surface area contributed by atoms with Gasteiger partial charge < -0.3 is 10.2 Å². The second-order valence-electron chi connectivity index (χ2n) is 6.46. The summed E-state index contributed by atoms with van der Waals surface area (Å²) in [6.45, 7) is 2.74. The Hall–Kier alpha value is -2.28. The maximum absolute atomic E-state index is 4.94. The number of aromatic nitrogens is 4. The first-order valence-corrected chi connectivity index (χ1v) is 8.56. The molecule has 0 amide bonds. The van der Waals surface area contributed by atoms with Crippen molar-refractivity contribution >= 4 is 11.8 Å². The van der Waals surface area contributed by atoms with Crippen LogP contribution in [-0.4, -0.2) is 52.0 Å². The van der Waals surface area contributed by atoms with E-state index in [2.05, 4.69) is 32.1 Å². The normalized spacial score (nSPS) is 20.9. The molecule has 7 nitrogen and oxygen atoms in total. The van der Waals surface area contributed by atoms with Gasteiger partial charge in [0.2, 0.25) is 5.95 Å². The summed E-state index contributed by atoms with van der Waals surface area (Å²) in [4.78, 5) is 23.1. The maximum atomic E-state index is 4.94. The predicted octanol–water partition coefficient (Wildman–Crippen LogP) is 1.64. The number of anilines is 2. The van der Waals surface area contributed by atoms with Crippen molar-refractivity contribution in [1.82, 2.24) is 24.8 Å². The predicted molar refractivity (Wildman–Crippen MR) is 93.0 cm³/mol. The highest BCUT2D eigenvalue weighted by Crippen LogP contribution is 2.32. The first kappa shape index (κ1) is 15.3. The Balaban J connectivity index is 1.68. The van der Waals surface area contributed by atoms with Gasteiger partial charge in [-0.3, -0.25) is 4.90 Å². The van der Waals surface area contributed by atoms with Gasteiger partial charge in [-0.15, -0.1) is 0 Å². The van der Waals surface area contributed by atoms with Crippen molar-refractivity contribution in [3.8, 4) is 0 Å². The van der Waals surface area contributed by atoms with Crippen LogP contribution in [0.2, 0.25) is 0 Å². The van der Waals surface area contributed by atoms with Crippen LogP contribution >= 0.6 is 0 Å². The van der Waals surface area contributed by atoms with E-state index < -0.39 is 0 Å². The van der Waals surface area contributed by atoms with E-state index in [0.717, 1.165) is 55.8 Å². The molecule has 1 unspecified atom stereocenters. The maximum Gasteiger partial charge on any atom is 0.225 e. The van der Waals surface area contributed by atoms with Crippen molar-refractivity contribution in [2.45, 2.75) is 31.8 Å². The largest absolute Gasteiger partial charge is 0.373 e. The molecule has 4 heterocycles. The van der Waals surface area contributed by atoms with Crippen LogP contribution in [0.25, 0.3) is 0 Å². The summed E-state index contributed by atoms with van der Waals surface area (Å²) in [6.07, 6.45) is 6.82. The van der Waals surface area contributed by atoms with Crippen LogP contribution in [0.1, 0.15) is 36.0 Å². The topological polar surface area (TPSA) is 70.1 Å². The zero-order valence-corrected chi connectivity index (χ0v) is 14.2. The molecule has 1 atom stereocenters. The van der Waals surface area contributed by atoms with E-state index in [1.807, 2.05) is 13.1 Å². The smallest absolute Gasteiger partial charge is 0.225 e. The molecule has 2 aliphatic heterocycles. The highest BCUT2D eigenvalue weighted by Gasteiger charge is 2.29. The zero-order chi connectivity index (χ0) is 16.5. The lowest BCUT2D eigenvalue weighted by molar-refractivity contribution is 0.305. The summed E-state index contributed by atoms with van der Waals surface area (Å²) >= 11 is 0. The number of hydrogen-bond acceptors (Lipinski definition) is 7. The minimum Gasteiger partial charge on any atom is -0.373 e. The molecule has 0 spiro atoms. The fourth-order valence-corrected chi connectivity index (χ4v) is 3.67. The Morgan fingerprint density at radius 3 is 2.71 bits per heavy atom. The fraction of sp³-hybridized carbons (Fsp3) is 0.529. The average molecular weight is 325 g/mol. The summed E-state index contributed by atoms with van der Waals surface area (Å²) < 4.78 is 0. The van der Waals surface area contributed by atoms with E-state index in [1.165, 1.54) is 12.0 Å². The molecule has 0 saturated carbocycles. The molecular weight excluding hydrogens is 302 g/mol. The van der Waals surface area contributed by atoms with Crippen molar-refractivity contribution in [2.24, 2.45) is 0 Å². The highest BCUT2D eigenvalue weighted by atomic mass is 15.3. The summed E-state index contributed by atoms with van der Waals surface area (Å²) in [5.74, 6) is 2.69. The van der Waals surface area contributed by atoms with Gasteiger partial charge >= 0.3 is 0 Å². The van der Waals surface area contributed by atoms with E-state index in [0.29, 0.717) is 6.04 Å². The number of nitrogens with one attached hydrogen (secondary N) is 1. The van der Waals surface area contributed by atoms with Crippen LogP contribution < -0.4 is 10.2 Å². The molecular formula is C17H23N7. The minimum atomic E-state index is 0.325. The van der Waals surface area contributed by atoms with Gasteiger partial charge in [0.25, 0.3) is 0 Å². The summed E-state index contributed by atoms with van der Waals surface area (Å²) in [6, 6.07) is 2.17. The van der Waals surface area contributed by atoms with E-state index in [9.17, 15) is 0 Å². The van der Waals surface area contributed by atoms with Crippen molar-refractivity contribution in [2.75, 3.05) is 37.4 Å². The van der Waals surface area contributed by atoms with Crippen LogP contribution in [0.3, 0.4) is 0 Å². The van der Waals surface area contributed by atoms with Crippen LogP contribution in [0.5, 0.6) is 0 Å². The molecule has 0 aromatic carbocycles. The molecule has 0 aliphatic carbocycles. The van der Waals surface area contributed by atoms with Gasteiger partial charge in [-0.2, -0.15) is 0 Å². The molecule has 1 N–H and O–H groups in total. The third kappa shape index (κ3) is 2.69. The van der Waals surface area contributed by atoms with Crippen molar-refractivity contribution in [1.29, 1.82) is 0 Å². The molecule has 2 aromatic rings. The van der Waals surface area contributed by atoms with Crippen LogP contribution in [0.4, 0.5) is 11.8 Å². The van der Waals surface area contributed by atoms with Gasteiger partial charge in [0.1, 0.15) is 11.6 Å². The van der Waals surface area contributed by atoms with Gasteiger partial charge in [0.05, 0.1) is 18.3 Å². The molecule has 1 fully saturated rings. The minimum absolute atomic E-state index is 0.325. The van der Waals surface area contributed by atoms with Gasteiger partial charge in [0.15, 0.2) is 0 Å². The number of hydrogen-bond donors (Lipinski definition) is 1. The second kappa shape index (κ2) is 6.32. The molecule has 2 aliphatic rings. The van der Waals surface area contributed by atoms with E-state index in [1.54, 1.807) is 12.4 Å². The van der Waals surface area contributed by atoms with Crippen molar-refractivity contribution < 1.29 is 0 Å². The van der Waals surface area contributed by atoms with E-state index in [4.69, 9.17) is 9.97 Å². The van der Waals surface area contributed by atoms with Crippen LogP contribution in [0, 0.1) is 0 Å². The lowest BCUT2D eigenvalue weighted by atomic mass is 10.0. The standard InChI is InChI=1S/C17H23N7/c1-18-15-12-6-10-24(17-19-7-4-8-20-17)11-13(12)21-16(22-15)14-5-3-9-23(14)2/h4,7-8,14H,3,5-6,9-11H2,1-2H3,(H,18,21,22). The van der Waals surface area contributed by atoms with Gasteiger partial charge in [-0.25, -0.2) is 19.9 Å². The van der Waals surface area contributed by atoms with Crippen molar-refractivity contribution in [3.63, 3.8) is 0 Å². The summed E-state index contributed by atoms with van der Waals surface area (Å²) in [5, 5.41) is 3.27. The Bertz CT molecular complexity index is 718. The van der Waals surface area contributed by atoms with E-state index in [-0.39, 0.29) is 0 Å². The monoisotopic (exact) mass is 325 g/mol. The number of fused-ring (bicyclic) bond motifs is 1. The average Bonchev–Trinajstić information content (AvgIpc) is 3.07. The molecule has 7 heteroatoms. The number of rotatable bonds is 3. The lowest BCUT2D eigenvalue weighted by Crippen LogP contribution is -2.34. The summed E-state index contributed by atoms with van der Waals surface area (Å²) in [7, 11) is 4.10. The first-order chi connectivity index (χ1) is 11.8. The van der Waals surface area contributed by atoms with Gasteiger partial charge in [-0.1, -0.05) is 0 Å². The Labute approximate surface area is 142 Å². The van der Waals surface area contributed by atoms with Gasteiger partial charge in [0, 0.05) is 31.5 Å². The number of likely N-dealkylation sites (tertiary alicyclic amines) is 1.